The number of halogens is 1. The quantitative estimate of drug-likeness (QED) is 0.725. The number of hydrogen-bond acceptors (Lipinski definition) is 3. The van der Waals surface area contributed by atoms with E-state index >= 15 is 0 Å². The summed E-state index contributed by atoms with van der Waals surface area (Å²) in [6.07, 6.45) is 3.32. The van der Waals surface area contributed by atoms with Crippen molar-refractivity contribution in [2.45, 2.75) is 19.8 Å². The molecule has 0 fully saturated rings. The molecule has 0 radical (unpaired) electrons. The second kappa shape index (κ2) is 6.20. The third-order valence-corrected chi connectivity index (χ3v) is 3.72. The van der Waals surface area contributed by atoms with Gasteiger partial charge in [-0.15, -0.1) is 0 Å². The Morgan fingerprint density at radius 2 is 1.83 bits per heavy atom. The van der Waals surface area contributed by atoms with E-state index in [0.29, 0.717) is 17.6 Å². The van der Waals surface area contributed by atoms with Crippen molar-refractivity contribution in [3.63, 3.8) is 0 Å². The normalized spacial score (nSPS) is 11.0. The number of hydrogen-bond donors (Lipinski definition) is 0. The maximum Gasteiger partial charge on any atom is 0.215 e. The Hall–Kier alpha value is -2.69. The Kier molecular flexibility index (Phi) is 4.10. The Labute approximate surface area is 134 Å². The van der Waals surface area contributed by atoms with Crippen molar-refractivity contribution in [3.8, 4) is 23.1 Å². The Bertz CT molecular complexity index is 809. The van der Waals surface area contributed by atoms with E-state index in [2.05, 4.69) is 35.9 Å². The van der Waals surface area contributed by atoms with Crippen molar-refractivity contribution in [1.82, 2.24) is 14.5 Å². The second-order valence-electron chi connectivity index (χ2n) is 5.56. The molecule has 0 unspecified atom stereocenters. The first-order valence-electron chi connectivity index (χ1n) is 7.44. The molecule has 0 spiro atoms. The van der Waals surface area contributed by atoms with Crippen molar-refractivity contribution in [3.05, 3.63) is 60.2 Å². The average molecular weight is 311 g/mol. The third-order valence-electron chi connectivity index (χ3n) is 3.72. The van der Waals surface area contributed by atoms with E-state index in [9.17, 15) is 4.39 Å². The smallest absolute Gasteiger partial charge is 0.215 e. The molecule has 3 aromatic rings. The number of aromatic nitrogens is 3. The van der Waals surface area contributed by atoms with Gasteiger partial charge in [0, 0.05) is 24.0 Å². The number of methoxy groups -OCH3 is 1. The van der Waals surface area contributed by atoms with Crippen LogP contribution in [0.5, 0.6) is 5.88 Å². The van der Waals surface area contributed by atoms with Crippen molar-refractivity contribution in [1.29, 1.82) is 0 Å². The van der Waals surface area contributed by atoms with Crippen molar-refractivity contribution < 1.29 is 9.13 Å². The molecule has 0 saturated carbocycles. The lowest BCUT2D eigenvalue weighted by atomic mass is 10.0. The Balaban J connectivity index is 2.06. The van der Waals surface area contributed by atoms with E-state index in [0.717, 1.165) is 5.56 Å². The monoisotopic (exact) mass is 311 g/mol. The van der Waals surface area contributed by atoms with Crippen LogP contribution in [0.1, 0.15) is 25.3 Å². The van der Waals surface area contributed by atoms with Crippen LogP contribution in [0.3, 0.4) is 0 Å². The lowest BCUT2D eigenvalue weighted by Gasteiger charge is -2.10. The number of pyridine rings is 1. The van der Waals surface area contributed by atoms with Gasteiger partial charge in [-0.05, 0) is 17.5 Å². The molecule has 23 heavy (non-hydrogen) atoms. The van der Waals surface area contributed by atoms with Gasteiger partial charge in [0.15, 0.2) is 11.6 Å². The fraction of sp³-hybridized carbons (Fsp3) is 0.222. The minimum atomic E-state index is -0.427. The zero-order chi connectivity index (χ0) is 16.4. The van der Waals surface area contributed by atoms with Crippen LogP contribution in [0.2, 0.25) is 0 Å². The fourth-order valence-corrected chi connectivity index (χ4v) is 2.40. The molecule has 0 N–H and O–H groups in total. The van der Waals surface area contributed by atoms with E-state index in [1.807, 2.05) is 12.1 Å². The van der Waals surface area contributed by atoms with Crippen molar-refractivity contribution >= 4 is 0 Å². The van der Waals surface area contributed by atoms with Crippen LogP contribution in [0.25, 0.3) is 17.2 Å². The van der Waals surface area contributed by atoms with Gasteiger partial charge in [0.2, 0.25) is 5.88 Å². The summed E-state index contributed by atoms with van der Waals surface area (Å²) in [5.41, 5.74) is 2.15. The maximum atomic E-state index is 14.2. The molecular formula is C18H18FN3O. The summed E-state index contributed by atoms with van der Waals surface area (Å²) in [6, 6.07) is 10.9. The zero-order valence-corrected chi connectivity index (χ0v) is 13.3. The van der Waals surface area contributed by atoms with Gasteiger partial charge in [0.1, 0.15) is 5.82 Å². The van der Waals surface area contributed by atoms with Gasteiger partial charge in [-0.3, -0.25) is 4.57 Å². The maximum absolute atomic E-state index is 14.2. The largest absolute Gasteiger partial charge is 0.481 e. The van der Waals surface area contributed by atoms with Crippen LogP contribution in [-0.4, -0.2) is 21.6 Å². The molecule has 5 heteroatoms. The van der Waals surface area contributed by atoms with Gasteiger partial charge in [0.05, 0.1) is 7.11 Å². The molecule has 4 nitrogen and oxygen atoms in total. The molecule has 118 valence electrons. The average Bonchev–Trinajstić information content (AvgIpc) is 3.04. The van der Waals surface area contributed by atoms with E-state index in [-0.39, 0.29) is 5.82 Å². The fourth-order valence-electron chi connectivity index (χ4n) is 2.40. The molecule has 2 aromatic heterocycles. The summed E-state index contributed by atoms with van der Waals surface area (Å²) in [7, 11) is 1.50. The number of nitrogens with zero attached hydrogens (tertiary/aromatic N) is 3. The molecule has 0 amide bonds. The summed E-state index contributed by atoms with van der Waals surface area (Å²) < 4.78 is 20.9. The van der Waals surface area contributed by atoms with Crippen LogP contribution < -0.4 is 4.74 Å². The highest BCUT2D eigenvalue weighted by Crippen LogP contribution is 2.25. The molecule has 0 aliphatic heterocycles. The lowest BCUT2D eigenvalue weighted by molar-refractivity contribution is 0.395. The summed E-state index contributed by atoms with van der Waals surface area (Å²) in [5, 5.41) is 0. The minimum Gasteiger partial charge on any atom is -0.481 e. The van der Waals surface area contributed by atoms with Crippen LogP contribution in [0.4, 0.5) is 4.39 Å². The van der Waals surface area contributed by atoms with Gasteiger partial charge in [0.25, 0.3) is 0 Å². The van der Waals surface area contributed by atoms with Gasteiger partial charge in [-0.2, -0.15) is 4.98 Å². The molecule has 3 rings (SSSR count). The molecule has 1 aromatic carbocycles. The van der Waals surface area contributed by atoms with Gasteiger partial charge < -0.3 is 4.74 Å². The standard InChI is InChI=1S/C18H18FN3O/c1-12(2)13-4-6-14(7-5-13)17-20-10-11-22(17)18-15(19)8-9-16(21-18)23-3/h4-12H,1-3H3. The number of rotatable bonds is 4. The SMILES string of the molecule is COc1ccc(F)c(-n2ccnc2-c2ccc(C(C)C)cc2)n1. The Morgan fingerprint density at radius 1 is 1.09 bits per heavy atom. The molecular weight excluding hydrogens is 293 g/mol. The van der Waals surface area contributed by atoms with Crippen LogP contribution in [-0.2, 0) is 0 Å². The predicted octanol–water partition coefficient (Wildman–Crippen LogP) is 4.21. The summed E-state index contributed by atoms with van der Waals surface area (Å²) in [5.74, 6) is 1.20. The predicted molar refractivity (Wildman–Crippen MR) is 87.4 cm³/mol. The van der Waals surface area contributed by atoms with Crippen LogP contribution in [0, 0.1) is 5.82 Å². The number of ether oxygens (including phenoxy) is 1. The van der Waals surface area contributed by atoms with Gasteiger partial charge in [-0.1, -0.05) is 38.1 Å². The summed E-state index contributed by atoms with van der Waals surface area (Å²) >= 11 is 0. The van der Waals surface area contributed by atoms with Crippen LogP contribution >= 0.6 is 0 Å². The molecule has 0 aliphatic rings. The minimum absolute atomic E-state index is 0.171. The number of benzene rings is 1. The van der Waals surface area contributed by atoms with E-state index in [4.69, 9.17) is 4.74 Å². The molecule has 2 heterocycles. The molecule has 0 atom stereocenters. The summed E-state index contributed by atoms with van der Waals surface area (Å²) in [6.45, 7) is 4.29. The lowest BCUT2D eigenvalue weighted by Crippen LogP contribution is -2.03. The number of imidazole rings is 1. The first-order valence-corrected chi connectivity index (χ1v) is 7.44. The topological polar surface area (TPSA) is 39.9 Å². The van der Waals surface area contributed by atoms with E-state index in [1.165, 1.54) is 24.8 Å². The summed E-state index contributed by atoms with van der Waals surface area (Å²) in [4.78, 5) is 8.54. The Morgan fingerprint density at radius 3 is 2.48 bits per heavy atom. The molecule has 0 saturated heterocycles. The molecule has 0 bridgehead atoms. The first kappa shape index (κ1) is 15.2. The highest BCUT2D eigenvalue weighted by atomic mass is 19.1. The van der Waals surface area contributed by atoms with Gasteiger partial charge >= 0.3 is 0 Å². The van der Waals surface area contributed by atoms with E-state index in [1.54, 1.807) is 17.0 Å². The second-order valence-corrected chi connectivity index (χ2v) is 5.56. The highest BCUT2D eigenvalue weighted by Gasteiger charge is 2.14. The third kappa shape index (κ3) is 2.95. The molecule has 0 aliphatic carbocycles. The van der Waals surface area contributed by atoms with Crippen molar-refractivity contribution in [2.24, 2.45) is 0 Å². The van der Waals surface area contributed by atoms with E-state index < -0.39 is 5.82 Å². The zero-order valence-electron chi connectivity index (χ0n) is 13.3. The van der Waals surface area contributed by atoms with Gasteiger partial charge in [-0.25, -0.2) is 9.37 Å². The van der Waals surface area contributed by atoms with Crippen molar-refractivity contribution in [2.75, 3.05) is 7.11 Å². The highest BCUT2D eigenvalue weighted by molar-refractivity contribution is 5.58. The first-order chi connectivity index (χ1) is 11.1. The van der Waals surface area contributed by atoms with Crippen LogP contribution in [0.15, 0.2) is 48.8 Å².